The van der Waals surface area contributed by atoms with Crippen molar-refractivity contribution in [2.24, 2.45) is 0 Å². The van der Waals surface area contributed by atoms with E-state index in [9.17, 15) is 9.90 Å². The van der Waals surface area contributed by atoms with E-state index in [-0.39, 0.29) is 11.5 Å². The first-order valence-corrected chi connectivity index (χ1v) is 8.76. The van der Waals surface area contributed by atoms with Crippen molar-refractivity contribution >= 4 is 48.6 Å². The summed E-state index contributed by atoms with van der Waals surface area (Å²) in [7, 11) is 0. The number of carbonyl (C=O) groups is 1. The molecule has 0 aliphatic heterocycles. The Morgan fingerprint density at radius 1 is 1.22 bits per heavy atom. The summed E-state index contributed by atoms with van der Waals surface area (Å²) in [6, 6.07) is 9.01. The van der Waals surface area contributed by atoms with Crippen LogP contribution in [-0.4, -0.2) is 10.9 Å². The molecule has 118 valence electrons. The third-order valence-corrected chi connectivity index (χ3v) is 5.03. The second-order valence-electron chi connectivity index (χ2n) is 5.32. The molecule has 0 saturated carbocycles. The van der Waals surface area contributed by atoms with Gasteiger partial charge in [0.05, 0.1) is 14.5 Å². The van der Waals surface area contributed by atoms with E-state index in [1.54, 1.807) is 12.1 Å². The van der Waals surface area contributed by atoms with Crippen LogP contribution in [0.5, 0.6) is 5.75 Å². The van der Waals surface area contributed by atoms with E-state index in [1.807, 2.05) is 32.0 Å². The van der Waals surface area contributed by atoms with Gasteiger partial charge in [-0.25, -0.2) is 0 Å². The fourth-order valence-corrected chi connectivity index (χ4v) is 3.89. The lowest BCUT2D eigenvalue weighted by Gasteiger charge is -2.06. The molecule has 2 aromatic carbocycles. The van der Waals surface area contributed by atoms with Crippen LogP contribution in [0, 0.1) is 6.92 Å². The topological polar surface area (TPSA) is 50.4 Å². The number of phenolic OH excluding ortho intramolecular Hbond substituents is 1. The number of aryl methyl sites for hydroxylation is 2. The third kappa shape index (κ3) is 2.72. The molecule has 0 amide bonds. The second-order valence-corrected chi connectivity index (χ2v) is 7.03. The molecule has 0 atom stereocenters. The van der Waals surface area contributed by atoms with Crippen LogP contribution in [0.15, 0.2) is 43.7 Å². The monoisotopic (exact) mass is 436 g/mol. The van der Waals surface area contributed by atoms with Gasteiger partial charge >= 0.3 is 0 Å². The fourth-order valence-electron chi connectivity index (χ4n) is 2.70. The van der Waals surface area contributed by atoms with Gasteiger partial charge < -0.3 is 9.52 Å². The molecule has 1 aromatic heterocycles. The van der Waals surface area contributed by atoms with Gasteiger partial charge in [-0.1, -0.05) is 19.1 Å². The van der Waals surface area contributed by atoms with Gasteiger partial charge in [-0.15, -0.1) is 0 Å². The standard InChI is InChI=1S/C18H14Br2O3/c1-3-13-16(15-9(2)5-4-6-14(15)23-13)17(21)10-7-11(19)18(22)12(20)8-10/h4-8,22H,3H2,1-2H3. The Labute approximate surface area is 150 Å². The summed E-state index contributed by atoms with van der Waals surface area (Å²) in [5, 5.41) is 10.7. The van der Waals surface area contributed by atoms with Gasteiger partial charge in [0.15, 0.2) is 5.78 Å². The van der Waals surface area contributed by atoms with E-state index >= 15 is 0 Å². The molecule has 0 fully saturated rings. The molecule has 0 unspecified atom stereocenters. The summed E-state index contributed by atoms with van der Waals surface area (Å²) in [4.78, 5) is 13.1. The zero-order chi connectivity index (χ0) is 16.7. The van der Waals surface area contributed by atoms with Crippen molar-refractivity contribution in [1.82, 2.24) is 0 Å². The normalized spacial score (nSPS) is 11.1. The molecule has 0 radical (unpaired) electrons. The van der Waals surface area contributed by atoms with E-state index < -0.39 is 0 Å². The van der Waals surface area contributed by atoms with Crippen molar-refractivity contribution in [3.8, 4) is 5.75 Å². The SMILES string of the molecule is CCc1oc2cccc(C)c2c1C(=O)c1cc(Br)c(O)c(Br)c1. The van der Waals surface area contributed by atoms with Crippen LogP contribution < -0.4 is 0 Å². The zero-order valence-corrected chi connectivity index (χ0v) is 15.8. The van der Waals surface area contributed by atoms with Gasteiger partial charge in [0, 0.05) is 17.4 Å². The lowest BCUT2D eigenvalue weighted by Crippen LogP contribution is -2.04. The Balaban J connectivity index is 2.26. The van der Waals surface area contributed by atoms with Crippen molar-refractivity contribution in [2.75, 3.05) is 0 Å². The molecule has 3 aromatic rings. The molecular weight excluding hydrogens is 424 g/mol. The van der Waals surface area contributed by atoms with E-state index in [0.717, 1.165) is 16.5 Å². The highest BCUT2D eigenvalue weighted by molar-refractivity contribution is 9.11. The predicted molar refractivity (Wildman–Crippen MR) is 97.3 cm³/mol. The minimum atomic E-state index is -0.115. The number of phenols is 1. The Morgan fingerprint density at radius 3 is 2.48 bits per heavy atom. The maximum Gasteiger partial charge on any atom is 0.197 e. The van der Waals surface area contributed by atoms with E-state index in [4.69, 9.17) is 4.42 Å². The molecule has 5 heteroatoms. The van der Waals surface area contributed by atoms with E-state index in [2.05, 4.69) is 31.9 Å². The number of aromatic hydroxyl groups is 1. The quantitative estimate of drug-likeness (QED) is 0.529. The minimum Gasteiger partial charge on any atom is -0.506 e. The molecule has 3 rings (SSSR count). The molecule has 0 saturated heterocycles. The van der Waals surface area contributed by atoms with Crippen LogP contribution in [0.2, 0.25) is 0 Å². The number of hydrogen-bond donors (Lipinski definition) is 1. The van der Waals surface area contributed by atoms with Crippen molar-refractivity contribution in [3.05, 3.63) is 61.7 Å². The number of furan rings is 1. The molecule has 0 spiro atoms. The number of carbonyl (C=O) groups excluding carboxylic acids is 1. The summed E-state index contributed by atoms with van der Waals surface area (Å²) < 4.78 is 6.80. The summed E-state index contributed by atoms with van der Waals surface area (Å²) in [6.45, 7) is 3.93. The van der Waals surface area contributed by atoms with Crippen molar-refractivity contribution in [3.63, 3.8) is 0 Å². The lowest BCUT2D eigenvalue weighted by atomic mass is 9.97. The van der Waals surface area contributed by atoms with Gasteiger partial charge in [0.1, 0.15) is 17.1 Å². The second kappa shape index (κ2) is 6.13. The van der Waals surface area contributed by atoms with Crippen LogP contribution in [0.1, 0.15) is 34.2 Å². The number of fused-ring (bicyclic) bond motifs is 1. The highest BCUT2D eigenvalue weighted by atomic mass is 79.9. The first-order chi connectivity index (χ1) is 10.9. The van der Waals surface area contributed by atoms with Crippen molar-refractivity contribution in [2.45, 2.75) is 20.3 Å². The van der Waals surface area contributed by atoms with Gasteiger partial charge in [-0.05, 0) is 62.5 Å². The molecular formula is C18H14Br2O3. The number of ketones is 1. The Kier molecular flexibility index (Phi) is 4.34. The smallest absolute Gasteiger partial charge is 0.197 e. The van der Waals surface area contributed by atoms with Gasteiger partial charge in [-0.2, -0.15) is 0 Å². The molecule has 1 heterocycles. The maximum atomic E-state index is 13.1. The van der Waals surface area contributed by atoms with Gasteiger partial charge in [0.2, 0.25) is 0 Å². The third-order valence-electron chi connectivity index (χ3n) is 3.82. The molecule has 3 nitrogen and oxygen atoms in total. The highest BCUT2D eigenvalue weighted by Crippen LogP contribution is 2.36. The first-order valence-electron chi connectivity index (χ1n) is 7.17. The molecule has 0 bridgehead atoms. The van der Waals surface area contributed by atoms with Gasteiger partial charge in [-0.3, -0.25) is 4.79 Å². The fraction of sp³-hybridized carbons (Fsp3) is 0.167. The van der Waals surface area contributed by atoms with Crippen LogP contribution in [0.4, 0.5) is 0 Å². The van der Waals surface area contributed by atoms with Crippen LogP contribution in [-0.2, 0) is 6.42 Å². The van der Waals surface area contributed by atoms with E-state index in [1.165, 1.54) is 0 Å². The largest absolute Gasteiger partial charge is 0.506 e. The molecule has 23 heavy (non-hydrogen) atoms. The average Bonchev–Trinajstić information content (AvgIpc) is 2.91. The molecule has 1 N–H and O–H groups in total. The average molecular weight is 438 g/mol. The number of rotatable bonds is 3. The number of halogens is 2. The molecule has 0 aliphatic rings. The summed E-state index contributed by atoms with van der Waals surface area (Å²) in [5.74, 6) is 0.640. The zero-order valence-electron chi connectivity index (χ0n) is 12.6. The van der Waals surface area contributed by atoms with Crippen LogP contribution in [0.3, 0.4) is 0 Å². The van der Waals surface area contributed by atoms with Crippen LogP contribution >= 0.6 is 31.9 Å². The predicted octanol–water partition coefficient (Wildman–Crippen LogP) is 5.77. The summed E-state index contributed by atoms with van der Waals surface area (Å²) in [6.07, 6.45) is 0.635. The Bertz CT molecular complexity index is 902. The number of benzene rings is 2. The minimum absolute atomic E-state index is 0.0745. The Morgan fingerprint density at radius 2 is 1.87 bits per heavy atom. The Hall–Kier alpha value is -1.59. The van der Waals surface area contributed by atoms with Gasteiger partial charge in [0.25, 0.3) is 0 Å². The van der Waals surface area contributed by atoms with Crippen LogP contribution in [0.25, 0.3) is 11.0 Å². The first kappa shape index (κ1) is 16.3. The van der Waals surface area contributed by atoms with E-state index in [0.29, 0.717) is 32.3 Å². The lowest BCUT2D eigenvalue weighted by molar-refractivity contribution is 0.103. The highest BCUT2D eigenvalue weighted by Gasteiger charge is 2.23. The summed E-state index contributed by atoms with van der Waals surface area (Å²) >= 11 is 6.55. The van der Waals surface area contributed by atoms with Crippen molar-refractivity contribution < 1.29 is 14.3 Å². The maximum absolute atomic E-state index is 13.1. The molecule has 0 aliphatic carbocycles. The summed E-state index contributed by atoms with van der Waals surface area (Å²) in [5.41, 5.74) is 2.82. The number of hydrogen-bond acceptors (Lipinski definition) is 3. The van der Waals surface area contributed by atoms with Crippen molar-refractivity contribution in [1.29, 1.82) is 0 Å².